The largest absolute Gasteiger partial charge is 0.574 e. The third-order valence-corrected chi connectivity index (χ3v) is 4.20. The number of thiophene rings is 1. The second-order valence-corrected chi connectivity index (χ2v) is 6.15. The van der Waals surface area contributed by atoms with Crippen molar-refractivity contribution in [2.45, 2.75) is 19.7 Å². The van der Waals surface area contributed by atoms with E-state index in [4.69, 9.17) is 0 Å². The molecule has 0 bridgehead atoms. The van der Waals surface area contributed by atoms with Gasteiger partial charge in [-0.1, -0.05) is 6.07 Å². The van der Waals surface area contributed by atoms with Gasteiger partial charge in [0, 0.05) is 9.35 Å². The van der Waals surface area contributed by atoms with Crippen molar-refractivity contribution in [1.29, 1.82) is 0 Å². The predicted molar refractivity (Wildman–Crippen MR) is 80.0 cm³/mol. The Morgan fingerprint density at radius 3 is 2.82 bits per heavy atom. The third kappa shape index (κ3) is 4.70. The number of carbonyl (C=O) groups excluding carboxylic acids is 1. The lowest BCUT2D eigenvalue weighted by molar-refractivity contribution is -0.275. The van der Waals surface area contributed by atoms with Gasteiger partial charge in [0.1, 0.15) is 5.69 Å². The number of aromatic nitrogens is 1. The van der Waals surface area contributed by atoms with Gasteiger partial charge in [0.05, 0.1) is 12.1 Å². The standard InChI is InChI=1S/C13H10BrF3N2O2S/c1-7-9(14)6-10(12(18-7)21-13(15,16)17)19-11(20)5-8-3-2-4-22-8/h2-4,6H,5H2,1H3,(H,19,20). The highest BCUT2D eigenvalue weighted by molar-refractivity contribution is 9.10. The average molecular weight is 395 g/mol. The molecule has 0 aliphatic rings. The van der Waals surface area contributed by atoms with E-state index in [-0.39, 0.29) is 12.1 Å². The molecule has 0 aromatic carbocycles. The number of nitrogens with one attached hydrogen (secondary N) is 1. The van der Waals surface area contributed by atoms with Gasteiger partial charge in [-0.3, -0.25) is 4.79 Å². The fourth-order valence-electron chi connectivity index (χ4n) is 1.60. The Morgan fingerprint density at radius 1 is 1.50 bits per heavy atom. The first-order chi connectivity index (χ1) is 10.2. The smallest absolute Gasteiger partial charge is 0.386 e. The van der Waals surface area contributed by atoms with Gasteiger partial charge in [-0.25, -0.2) is 4.98 Å². The van der Waals surface area contributed by atoms with Gasteiger partial charge in [-0.05, 0) is 40.4 Å². The fourth-order valence-corrected chi connectivity index (χ4v) is 2.62. The molecule has 2 aromatic heterocycles. The summed E-state index contributed by atoms with van der Waals surface area (Å²) in [7, 11) is 0. The summed E-state index contributed by atoms with van der Waals surface area (Å²) < 4.78 is 41.6. The number of hydrogen-bond acceptors (Lipinski definition) is 4. The lowest BCUT2D eigenvalue weighted by Gasteiger charge is -2.14. The Bertz CT molecular complexity index is 675. The van der Waals surface area contributed by atoms with Crippen molar-refractivity contribution < 1.29 is 22.7 Å². The molecule has 2 aromatic rings. The highest BCUT2D eigenvalue weighted by Gasteiger charge is 2.33. The fraction of sp³-hybridized carbons (Fsp3) is 0.231. The quantitative estimate of drug-likeness (QED) is 0.840. The Labute approximate surface area is 136 Å². The number of ether oxygens (including phenoxy) is 1. The number of alkyl halides is 3. The molecular weight excluding hydrogens is 385 g/mol. The summed E-state index contributed by atoms with van der Waals surface area (Å²) in [6.45, 7) is 1.52. The molecule has 9 heteroatoms. The Morgan fingerprint density at radius 2 is 2.23 bits per heavy atom. The number of hydrogen-bond donors (Lipinski definition) is 1. The first-order valence-electron chi connectivity index (χ1n) is 6.00. The van der Waals surface area contributed by atoms with Crippen LogP contribution in [0, 0.1) is 6.92 Å². The van der Waals surface area contributed by atoms with Gasteiger partial charge < -0.3 is 10.1 Å². The molecule has 4 nitrogen and oxygen atoms in total. The lowest BCUT2D eigenvalue weighted by Crippen LogP contribution is -2.21. The van der Waals surface area contributed by atoms with Gasteiger partial charge in [0.15, 0.2) is 0 Å². The van der Waals surface area contributed by atoms with Crippen LogP contribution in [0.1, 0.15) is 10.6 Å². The Kier molecular flexibility index (Phi) is 5.07. The van der Waals surface area contributed by atoms with Crippen molar-refractivity contribution in [2.24, 2.45) is 0 Å². The summed E-state index contributed by atoms with van der Waals surface area (Å²) in [5, 5.41) is 4.20. The van der Waals surface area contributed by atoms with E-state index < -0.39 is 18.1 Å². The van der Waals surface area contributed by atoms with Crippen LogP contribution in [-0.4, -0.2) is 17.3 Å². The van der Waals surface area contributed by atoms with Gasteiger partial charge in [-0.2, -0.15) is 0 Å². The van der Waals surface area contributed by atoms with Crippen LogP contribution in [0.2, 0.25) is 0 Å². The second-order valence-electron chi connectivity index (χ2n) is 4.26. The normalized spacial score (nSPS) is 11.3. The van der Waals surface area contributed by atoms with Crippen molar-refractivity contribution >= 4 is 38.9 Å². The molecule has 0 saturated heterocycles. The van der Waals surface area contributed by atoms with E-state index in [0.29, 0.717) is 10.2 Å². The monoisotopic (exact) mass is 394 g/mol. The number of amides is 1. The first kappa shape index (κ1) is 16.8. The van der Waals surface area contributed by atoms with Gasteiger partial charge in [0.2, 0.25) is 11.8 Å². The summed E-state index contributed by atoms with van der Waals surface area (Å²) in [6, 6.07) is 4.88. The zero-order chi connectivity index (χ0) is 16.3. The molecule has 0 unspecified atom stereocenters. The Hall–Kier alpha value is -1.61. The second kappa shape index (κ2) is 6.66. The van der Waals surface area contributed by atoms with Crippen LogP contribution in [0.4, 0.5) is 18.9 Å². The molecule has 118 valence electrons. The number of pyridine rings is 1. The maximum absolute atomic E-state index is 12.4. The van der Waals surface area contributed by atoms with E-state index in [1.807, 2.05) is 5.38 Å². The summed E-state index contributed by atoms with van der Waals surface area (Å²) in [6.07, 6.45) is -4.82. The highest BCUT2D eigenvalue weighted by atomic mass is 79.9. The summed E-state index contributed by atoms with van der Waals surface area (Å²) in [5.74, 6) is -1.14. The molecule has 0 saturated carbocycles. The molecule has 1 N–H and O–H groups in total. The van der Waals surface area contributed by atoms with Crippen molar-refractivity contribution in [1.82, 2.24) is 4.98 Å². The summed E-state index contributed by atoms with van der Waals surface area (Å²) in [5.41, 5.74) is 0.173. The number of nitrogens with zero attached hydrogens (tertiary/aromatic N) is 1. The minimum absolute atomic E-state index is 0.0641. The number of carbonyl (C=O) groups is 1. The molecule has 0 spiro atoms. The van der Waals surface area contributed by atoms with Crippen LogP contribution in [0.3, 0.4) is 0 Å². The van der Waals surface area contributed by atoms with Gasteiger partial charge in [0.25, 0.3) is 0 Å². The van der Waals surface area contributed by atoms with E-state index >= 15 is 0 Å². The van der Waals surface area contributed by atoms with Crippen LogP contribution in [0.25, 0.3) is 0 Å². The molecule has 22 heavy (non-hydrogen) atoms. The molecule has 1 amide bonds. The first-order valence-corrected chi connectivity index (χ1v) is 7.67. The number of rotatable bonds is 4. The molecule has 0 aliphatic heterocycles. The topological polar surface area (TPSA) is 51.2 Å². The predicted octanol–water partition coefficient (Wildman–Crippen LogP) is 4.29. The van der Waals surface area contributed by atoms with Crippen LogP contribution < -0.4 is 10.1 Å². The van der Waals surface area contributed by atoms with Crippen LogP contribution in [0.15, 0.2) is 28.1 Å². The molecule has 0 atom stereocenters. The Balaban J connectivity index is 2.21. The van der Waals surface area contributed by atoms with Gasteiger partial charge >= 0.3 is 6.36 Å². The van der Waals surface area contributed by atoms with Gasteiger partial charge in [-0.15, -0.1) is 24.5 Å². The molecular formula is C13H10BrF3N2O2S. The molecule has 0 radical (unpaired) electrons. The van der Waals surface area contributed by atoms with E-state index in [1.54, 1.807) is 12.1 Å². The van der Waals surface area contributed by atoms with Crippen LogP contribution >= 0.6 is 27.3 Å². The molecule has 2 heterocycles. The average Bonchev–Trinajstić information content (AvgIpc) is 2.86. The molecule has 0 aliphatic carbocycles. The van der Waals surface area contributed by atoms with Crippen molar-refractivity contribution in [3.05, 3.63) is 38.6 Å². The number of anilines is 1. The van der Waals surface area contributed by atoms with E-state index in [2.05, 4.69) is 31.0 Å². The van der Waals surface area contributed by atoms with Crippen LogP contribution in [-0.2, 0) is 11.2 Å². The summed E-state index contributed by atoms with van der Waals surface area (Å²) in [4.78, 5) is 16.4. The van der Waals surface area contributed by atoms with Crippen molar-refractivity contribution in [2.75, 3.05) is 5.32 Å². The number of aryl methyl sites for hydroxylation is 1. The van der Waals surface area contributed by atoms with Crippen molar-refractivity contribution in [3.8, 4) is 5.88 Å². The van der Waals surface area contributed by atoms with E-state index in [9.17, 15) is 18.0 Å². The van der Waals surface area contributed by atoms with E-state index in [0.717, 1.165) is 4.88 Å². The molecule has 0 fully saturated rings. The lowest BCUT2D eigenvalue weighted by atomic mass is 10.3. The minimum Gasteiger partial charge on any atom is -0.386 e. The maximum Gasteiger partial charge on any atom is 0.574 e. The summed E-state index contributed by atoms with van der Waals surface area (Å²) >= 11 is 4.55. The molecule has 2 rings (SSSR count). The SMILES string of the molecule is Cc1nc(OC(F)(F)F)c(NC(=O)Cc2cccs2)cc1Br. The van der Waals surface area contributed by atoms with E-state index in [1.165, 1.54) is 24.3 Å². The maximum atomic E-state index is 12.4. The highest BCUT2D eigenvalue weighted by Crippen LogP contribution is 2.32. The van der Waals surface area contributed by atoms with Crippen LogP contribution in [0.5, 0.6) is 5.88 Å². The third-order valence-electron chi connectivity index (χ3n) is 2.52. The number of halogens is 4. The zero-order valence-corrected chi connectivity index (χ0v) is 13.6. The zero-order valence-electron chi connectivity index (χ0n) is 11.2. The van der Waals surface area contributed by atoms with Crippen molar-refractivity contribution in [3.63, 3.8) is 0 Å². The minimum atomic E-state index is -4.89.